The number of piperidine rings is 1. The van der Waals surface area contributed by atoms with E-state index in [1.807, 2.05) is 33.7 Å². The SMILES string of the molecule is CCCc1n[nH]c(=S)n1CC(=O)N1CCCC(c2nc3ccccc3o2)C1. The van der Waals surface area contributed by atoms with Gasteiger partial charge in [0.15, 0.2) is 16.2 Å². The summed E-state index contributed by atoms with van der Waals surface area (Å²) in [6.07, 6.45) is 3.67. The first-order valence-corrected chi connectivity index (χ1v) is 9.84. The lowest BCUT2D eigenvalue weighted by Gasteiger charge is -2.31. The van der Waals surface area contributed by atoms with Gasteiger partial charge in [0.25, 0.3) is 0 Å². The number of nitrogens with zero attached hydrogens (tertiary/aromatic N) is 4. The number of rotatable bonds is 5. The number of hydrogen-bond donors (Lipinski definition) is 1. The van der Waals surface area contributed by atoms with Crippen LogP contribution in [0.1, 0.15) is 43.8 Å². The van der Waals surface area contributed by atoms with E-state index in [-0.39, 0.29) is 18.4 Å². The van der Waals surface area contributed by atoms with Gasteiger partial charge >= 0.3 is 0 Å². The molecule has 8 heteroatoms. The van der Waals surface area contributed by atoms with E-state index in [2.05, 4.69) is 22.1 Å². The molecular weight excluding hydrogens is 362 g/mol. The van der Waals surface area contributed by atoms with Gasteiger partial charge in [0.1, 0.15) is 17.9 Å². The van der Waals surface area contributed by atoms with Crippen molar-refractivity contribution in [3.63, 3.8) is 0 Å². The molecule has 1 atom stereocenters. The molecule has 7 nitrogen and oxygen atoms in total. The fraction of sp³-hybridized carbons (Fsp3) is 0.474. The molecule has 0 radical (unpaired) electrons. The molecule has 1 fully saturated rings. The predicted octanol–water partition coefficient (Wildman–Crippen LogP) is 3.44. The smallest absolute Gasteiger partial charge is 0.242 e. The van der Waals surface area contributed by atoms with Gasteiger partial charge in [-0.05, 0) is 43.6 Å². The van der Waals surface area contributed by atoms with Crippen molar-refractivity contribution >= 4 is 29.2 Å². The number of carbonyl (C=O) groups excluding carboxylic acids is 1. The van der Waals surface area contributed by atoms with Gasteiger partial charge in [-0.2, -0.15) is 5.10 Å². The van der Waals surface area contributed by atoms with E-state index in [1.165, 1.54) is 0 Å². The zero-order chi connectivity index (χ0) is 18.8. The largest absolute Gasteiger partial charge is 0.440 e. The monoisotopic (exact) mass is 385 g/mol. The van der Waals surface area contributed by atoms with E-state index in [4.69, 9.17) is 16.6 Å². The molecule has 1 aromatic carbocycles. The Hall–Kier alpha value is -2.48. The van der Waals surface area contributed by atoms with E-state index in [1.54, 1.807) is 0 Å². The van der Waals surface area contributed by atoms with Gasteiger partial charge in [-0.1, -0.05) is 19.1 Å². The Balaban J connectivity index is 1.48. The topological polar surface area (TPSA) is 80.0 Å². The molecule has 0 spiro atoms. The van der Waals surface area contributed by atoms with Crippen LogP contribution in [-0.4, -0.2) is 43.6 Å². The molecule has 1 amide bonds. The minimum absolute atomic E-state index is 0.0608. The number of benzene rings is 1. The summed E-state index contributed by atoms with van der Waals surface area (Å²) < 4.78 is 8.23. The summed E-state index contributed by atoms with van der Waals surface area (Å²) in [5.74, 6) is 1.75. The van der Waals surface area contributed by atoms with Crippen LogP contribution >= 0.6 is 12.2 Å². The molecule has 1 saturated heterocycles. The van der Waals surface area contributed by atoms with Crippen molar-refractivity contribution in [1.82, 2.24) is 24.6 Å². The van der Waals surface area contributed by atoms with Crippen LogP contribution in [0.4, 0.5) is 0 Å². The number of aromatic amines is 1. The second-order valence-electron chi connectivity index (χ2n) is 6.98. The van der Waals surface area contributed by atoms with E-state index in [9.17, 15) is 4.79 Å². The van der Waals surface area contributed by atoms with Gasteiger partial charge < -0.3 is 9.32 Å². The number of aromatic nitrogens is 4. The van der Waals surface area contributed by atoms with Gasteiger partial charge in [-0.3, -0.25) is 14.5 Å². The number of hydrogen-bond acceptors (Lipinski definition) is 5. The second-order valence-corrected chi connectivity index (χ2v) is 7.37. The molecule has 3 aromatic rings. The highest BCUT2D eigenvalue weighted by atomic mass is 32.1. The molecule has 0 saturated carbocycles. The minimum Gasteiger partial charge on any atom is -0.440 e. The number of likely N-dealkylation sites (tertiary alicyclic amines) is 1. The number of amides is 1. The summed E-state index contributed by atoms with van der Waals surface area (Å²) in [5, 5.41) is 7.04. The molecule has 0 bridgehead atoms. The zero-order valence-electron chi connectivity index (χ0n) is 15.4. The van der Waals surface area contributed by atoms with Gasteiger partial charge in [0.05, 0.1) is 5.92 Å². The Bertz CT molecular complexity index is 972. The quantitative estimate of drug-likeness (QED) is 0.681. The van der Waals surface area contributed by atoms with E-state index in [0.29, 0.717) is 11.3 Å². The summed E-state index contributed by atoms with van der Waals surface area (Å²) in [7, 11) is 0. The summed E-state index contributed by atoms with van der Waals surface area (Å²) in [6.45, 7) is 3.69. The molecule has 4 rings (SSSR count). The van der Waals surface area contributed by atoms with Crippen LogP contribution < -0.4 is 0 Å². The summed E-state index contributed by atoms with van der Waals surface area (Å²) >= 11 is 5.29. The van der Waals surface area contributed by atoms with Crippen molar-refractivity contribution in [2.24, 2.45) is 0 Å². The fourth-order valence-electron chi connectivity index (χ4n) is 3.63. The predicted molar refractivity (Wildman–Crippen MR) is 104 cm³/mol. The summed E-state index contributed by atoms with van der Waals surface area (Å²) in [6, 6.07) is 7.77. The average Bonchev–Trinajstić information content (AvgIpc) is 3.27. The van der Waals surface area contributed by atoms with Gasteiger partial charge in [-0.25, -0.2) is 4.98 Å². The van der Waals surface area contributed by atoms with Crippen LogP contribution in [0.15, 0.2) is 28.7 Å². The van der Waals surface area contributed by atoms with Crippen molar-refractivity contribution in [3.8, 4) is 0 Å². The van der Waals surface area contributed by atoms with Gasteiger partial charge in [-0.15, -0.1) is 0 Å². The second kappa shape index (κ2) is 7.64. The molecule has 1 aliphatic rings. The summed E-state index contributed by atoms with van der Waals surface area (Å²) in [5.41, 5.74) is 1.66. The van der Waals surface area contributed by atoms with E-state index in [0.717, 1.165) is 55.0 Å². The number of H-pyrrole nitrogens is 1. The Kier molecular flexibility index (Phi) is 5.07. The molecule has 3 heterocycles. The number of para-hydroxylation sites is 2. The third kappa shape index (κ3) is 3.66. The minimum atomic E-state index is 0.0608. The lowest BCUT2D eigenvalue weighted by molar-refractivity contribution is -0.133. The van der Waals surface area contributed by atoms with Crippen LogP contribution in [0.5, 0.6) is 0 Å². The number of oxazole rings is 1. The molecule has 27 heavy (non-hydrogen) atoms. The maximum atomic E-state index is 12.9. The Morgan fingerprint density at radius 1 is 1.41 bits per heavy atom. The standard InChI is InChI=1S/C19H23N5O2S/c1-2-6-16-21-22-19(27)24(16)12-17(25)23-10-5-7-13(11-23)18-20-14-8-3-4-9-15(14)26-18/h3-4,8-9,13H,2,5-7,10-12H2,1H3,(H,22,27). The highest BCUT2D eigenvalue weighted by molar-refractivity contribution is 7.71. The average molecular weight is 385 g/mol. The van der Waals surface area contributed by atoms with Crippen molar-refractivity contribution in [1.29, 1.82) is 0 Å². The third-order valence-corrected chi connectivity index (χ3v) is 5.35. The van der Waals surface area contributed by atoms with Gasteiger partial charge in [0.2, 0.25) is 5.91 Å². The van der Waals surface area contributed by atoms with Crippen LogP contribution in [0.2, 0.25) is 0 Å². The summed E-state index contributed by atoms with van der Waals surface area (Å²) in [4.78, 5) is 19.4. The molecule has 2 aromatic heterocycles. The molecule has 1 N–H and O–H groups in total. The van der Waals surface area contributed by atoms with Crippen LogP contribution in [0.3, 0.4) is 0 Å². The maximum Gasteiger partial charge on any atom is 0.242 e. The molecule has 0 aliphatic carbocycles. The Morgan fingerprint density at radius 3 is 3.07 bits per heavy atom. The van der Waals surface area contributed by atoms with Crippen molar-refractivity contribution in [3.05, 3.63) is 40.8 Å². The molecule has 1 aliphatic heterocycles. The zero-order valence-corrected chi connectivity index (χ0v) is 16.2. The molecule has 142 valence electrons. The lowest BCUT2D eigenvalue weighted by atomic mass is 9.98. The fourth-order valence-corrected chi connectivity index (χ4v) is 3.85. The Morgan fingerprint density at radius 2 is 2.26 bits per heavy atom. The van der Waals surface area contributed by atoms with E-state index < -0.39 is 0 Å². The number of fused-ring (bicyclic) bond motifs is 1. The maximum absolute atomic E-state index is 12.9. The number of nitrogens with one attached hydrogen (secondary N) is 1. The van der Waals surface area contributed by atoms with Crippen LogP contribution in [-0.2, 0) is 17.8 Å². The van der Waals surface area contributed by atoms with Gasteiger partial charge in [0, 0.05) is 19.5 Å². The normalized spacial score (nSPS) is 17.5. The van der Waals surface area contributed by atoms with Crippen LogP contribution in [0.25, 0.3) is 11.1 Å². The van der Waals surface area contributed by atoms with Crippen molar-refractivity contribution < 1.29 is 9.21 Å². The van der Waals surface area contributed by atoms with Crippen molar-refractivity contribution in [2.75, 3.05) is 13.1 Å². The third-order valence-electron chi connectivity index (χ3n) is 5.04. The number of carbonyl (C=O) groups is 1. The first-order chi connectivity index (χ1) is 13.2. The first-order valence-electron chi connectivity index (χ1n) is 9.43. The molecular formula is C19H23N5O2S. The highest BCUT2D eigenvalue weighted by Crippen LogP contribution is 2.29. The lowest BCUT2D eigenvalue weighted by Crippen LogP contribution is -2.41. The molecule has 1 unspecified atom stereocenters. The van der Waals surface area contributed by atoms with Crippen molar-refractivity contribution in [2.45, 2.75) is 45.1 Å². The Labute approximate surface area is 162 Å². The first kappa shape index (κ1) is 17.9. The van der Waals surface area contributed by atoms with Crippen LogP contribution in [0, 0.1) is 4.77 Å². The number of aryl methyl sites for hydroxylation is 1. The highest BCUT2D eigenvalue weighted by Gasteiger charge is 2.28. The van der Waals surface area contributed by atoms with E-state index >= 15 is 0 Å².